The predicted octanol–water partition coefficient (Wildman–Crippen LogP) is 2.81. The van der Waals surface area contributed by atoms with Gasteiger partial charge in [-0.05, 0) is 23.8 Å². The number of halogens is 1. The van der Waals surface area contributed by atoms with E-state index in [9.17, 15) is 13.6 Å². The molecule has 1 N–H and O–H groups in total. The molecular weight excluding hydrogens is 350 g/mol. The summed E-state index contributed by atoms with van der Waals surface area (Å²) >= 11 is 6.01. The smallest absolute Gasteiger partial charge is 0.256 e. The highest BCUT2D eigenvalue weighted by Gasteiger charge is 2.32. The lowest BCUT2D eigenvalue weighted by Crippen LogP contribution is -2.24. The van der Waals surface area contributed by atoms with Crippen LogP contribution in [0.2, 0.25) is 5.02 Å². The van der Waals surface area contributed by atoms with E-state index in [-0.39, 0.29) is 27.1 Å². The number of hydrogen-bond acceptors (Lipinski definition) is 4. The van der Waals surface area contributed by atoms with Crippen molar-refractivity contribution < 1.29 is 13.6 Å². The van der Waals surface area contributed by atoms with Crippen LogP contribution in [-0.2, 0) is 21.2 Å². The van der Waals surface area contributed by atoms with Crippen LogP contribution in [0.15, 0.2) is 41.3 Å². The number of carbonyl (C=O) groups excluding carboxylic acids is 1. The molecule has 24 heavy (non-hydrogen) atoms. The number of sulfonamides is 1. The zero-order valence-corrected chi connectivity index (χ0v) is 14.1. The average Bonchev–Trinajstić information content (AvgIpc) is 2.83. The summed E-state index contributed by atoms with van der Waals surface area (Å²) in [5.74, 6) is -0.250. The third-order valence-corrected chi connectivity index (χ3v) is 5.66. The van der Waals surface area contributed by atoms with Crippen molar-refractivity contribution in [3.05, 3.63) is 58.1 Å². The molecule has 2 aromatic rings. The maximum absolute atomic E-state index is 12.6. The summed E-state index contributed by atoms with van der Waals surface area (Å²) in [7, 11) is -2.40. The molecule has 0 bridgehead atoms. The van der Waals surface area contributed by atoms with Crippen LogP contribution in [0, 0.1) is 11.3 Å². The van der Waals surface area contributed by atoms with Crippen LogP contribution in [0.5, 0.6) is 0 Å². The molecule has 8 heteroatoms. The Morgan fingerprint density at radius 3 is 2.75 bits per heavy atom. The number of nitriles is 1. The van der Waals surface area contributed by atoms with Crippen LogP contribution in [0.1, 0.15) is 21.5 Å². The topological polar surface area (TPSA) is 96.3 Å². The molecule has 0 aromatic heterocycles. The monoisotopic (exact) mass is 361 g/mol. The molecule has 6 nitrogen and oxygen atoms in total. The highest BCUT2D eigenvalue weighted by atomic mass is 35.5. The molecule has 1 aliphatic heterocycles. The molecule has 0 aliphatic carbocycles. The molecule has 3 rings (SSSR count). The molecule has 0 saturated carbocycles. The Balaban J connectivity index is 2.04. The van der Waals surface area contributed by atoms with E-state index >= 15 is 0 Å². The third kappa shape index (κ3) is 2.65. The maximum atomic E-state index is 12.6. The van der Waals surface area contributed by atoms with E-state index in [1.54, 1.807) is 19.2 Å². The van der Waals surface area contributed by atoms with Gasteiger partial charge in [0.25, 0.3) is 5.91 Å². The highest BCUT2D eigenvalue weighted by molar-refractivity contribution is 7.99. The quantitative estimate of drug-likeness (QED) is 0.850. The molecule has 1 unspecified atom stereocenters. The van der Waals surface area contributed by atoms with E-state index in [1.165, 1.54) is 29.2 Å². The Morgan fingerprint density at radius 2 is 2.04 bits per heavy atom. The fourth-order valence-electron chi connectivity index (χ4n) is 2.59. The van der Waals surface area contributed by atoms with Crippen molar-refractivity contribution in [3.63, 3.8) is 0 Å². The minimum absolute atomic E-state index is 0.0636. The van der Waals surface area contributed by atoms with E-state index in [1.807, 2.05) is 6.07 Å². The van der Waals surface area contributed by atoms with E-state index in [4.69, 9.17) is 16.9 Å². The van der Waals surface area contributed by atoms with Gasteiger partial charge in [0, 0.05) is 13.6 Å². The molecule has 122 valence electrons. The standard InChI is InChI=1S/C16H12ClN3O3S/c1-20-9-11-5-2-6-12(14(11)16(20)21)19-24(22,23)13-7-3-4-10(8-18)15(13)17/h2-7H,9H2,1H3,(H-,19,21,22,23). The second kappa shape index (κ2) is 5.91. The molecule has 1 amide bonds. The number of hydrogen-bond donors (Lipinski definition) is 1. The molecule has 0 saturated heterocycles. The largest absolute Gasteiger partial charge is 0.588 e. The van der Waals surface area contributed by atoms with Crippen LogP contribution in [-0.4, -0.2) is 22.4 Å². The molecule has 0 spiro atoms. The summed E-state index contributed by atoms with van der Waals surface area (Å²) in [6, 6.07) is 11.0. The van der Waals surface area contributed by atoms with Crippen LogP contribution in [0.4, 0.5) is 5.69 Å². The minimum Gasteiger partial charge on any atom is -0.588 e. The van der Waals surface area contributed by atoms with E-state index in [0.717, 1.165) is 5.56 Å². The molecule has 2 aromatic carbocycles. The SMILES string of the molecule is CN1Cc2cccc(N[S+](=O)([O-])c3cccc(C#N)c3Cl)c2C1=O. The fraction of sp³-hybridized carbons (Fsp3) is 0.125. The first-order valence-corrected chi connectivity index (χ1v) is 8.80. The number of carbonyl (C=O) groups is 1. The van der Waals surface area contributed by atoms with Crippen LogP contribution >= 0.6 is 11.6 Å². The first-order valence-electron chi connectivity index (χ1n) is 6.94. The summed E-state index contributed by atoms with van der Waals surface area (Å²) < 4.78 is 27.7. The molecular formula is C16H12ClN3O3S. The highest BCUT2D eigenvalue weighted by Crippen LogP contribution is 2.33. The van der Waals surface area contributed by atoms with Gasteiger partial charge in [-0.2, -0.15) is 5.26 Å². The number of rotatable bonds is 3. The second-order valence-corrected chi connectivity index (χ2v) is 7.36. The first-order chi connectivity index (χ1) is 11.3. The van der Waals surface area contributed by atoms with Gasteiger partial charge in [-0.15, -0.1) is 0 Å². The zero-order chi connectivity index (χ0) is 17.5. The van der Waals surface area contributed by atoms with Gasteiger partial charge in [0.1, 0.15) is 11.1 Å². The maximum Gasteiger partial charge on any atom is 0.256 e. The van der Waals surface area contributed by atoms with Gasteiger partial charge < -0.3 is 9.45 Å². The lowest BCUT2D eigenvalue weighted by atomic mass is 10.1. The molecule has 0 radical (unpaired) electrons. The van der Waals surface area contributed by atoms with Gasteiger partial charge in [0.15, 0.2) is 15.3 Å². The summed E-state index contributed by atoms with van der Waals surface area (Å²) in [5.41, 5.74) is 1.34. The van der Waals surface area contributed by atoms with E-state index in [2.05, 4.69) is 4.72 Å². The van der Waals surface area contributed by atoms with Crippen molar-refractivity contribution in [2.45, 2.75) is 11.4 Å². The third-order valence-electron chi connectivity index (χ3n) is 3.74. The Bertz CT molecular complexity index is 939. The van der Waals surface area contributed by atoms with Gasteiger partial charge in [-0.1, -0.05) is 34.0 Å². The van der Waals surface area contributed by atoms with Crippen molar-refractivity contribution in [2.75, 3.05) is 11.8 Å². The summed E-state index contributed by atoms with van der Waals surface area (Å²) in [6.07, 6.45) is 0. The van der Waals surface area contributed by atoms with Crippen LogP contribution < -0.4 is 4.72 Å². The van der Waals surface area contributed by atoms with E-state index in [0.29, 0.717) is 12.1 Å². The van der Waals surface area contributed by atoms with Gasteiger partial charge in [-0.25, -0.2) is 4.72 Å². The number of nitrogens with zero attached hydrogens (tertiary/aromatic N) is 2. The summed E-state index contributed by atoms with van der Waals surface area (Å²) in [6.45, 7) is 0.425. The van der Waals surface area contributed by atoms with Gasteiger partial charge in [0.2, 0.25) is 0 Å². The Labute approximate surface area is 145 Å². The van der Waals surface area contributed by atoms with Gasteiger partial charge >= 0.3 is 0 Å². The van der Waals surface area contributed by atoms with Crippen LogP contribution in [0.25, 0.3) is 0 Å². The Hall–Kier alpha value is -2.40. The number of anilines is 1. The molecule has 1 aliphatic rings. The van der Waals surface area contributed by atoms with Crippen molar-refractivity contribution in [1.29, 1.82) is 5.26 Å². The molecule has 1 atom stereocenters. The summed E-state index contributed by atoms with van der Waals surface area (Å²) in [4.78, 5) is 13.5. The number of amides is 1. The first kappa shape index (κ1) is 16.5. The van der Waals surface area contributed by atoms with Crippen molar-refractivity contribution in [2.24, 2.45) is 0 Å². The molecule has 1 heterocycles. The predicted molar refractivity (Wildman–Crippen MR) is 89.1 cm³/mol. The fourth-order valence-corrected chi connectivity index (χ4v) is 4.24. The lowest BCUT2D eigenvalue weighted by Gasteiger charge is -2.18. The van der Waals surface area contributed by atoms with Gasteiger partial charge in [0.05, 0.1) is 16.8 Å². The minimum atomic E-state index is -4.04. The Morgan fingerprint density at radius 1 is 1.33 bits per heavy atom. The Kier molecular flexibility index (Phi) is 4.05. The summed E-state index contributed by atoms with van der Waals surface area (Å²) in [5, 5.41) is 8.84. The average molecular weight is 362 g/mol. The lowest BCUT2D eigenvalue weighted by molar-refractivity contribution is 0.0817. The van der Waals surface area contributed by atoms with Crippen molar-refractivity contribution >= 4 is 33.6 Å². The normalized spacial score (nSPS) is 15.6. The second-order valence-electron chi connectivity index (χ2n) is 5.34. The van der Waals surface area contributed by atoms with Gasteiger partial charge in [-0.3, -0.25) is 4.79 Å². The molecule has 0 fully saturated rings. The van der Waals surface area contributed by atoms with Crippen LogP contribution in [0.3, 0.4) is 0 Å². The number of fused-ring (bicyclic) bond motifs is 1. The van der Waals surface area contributed by atoms with Crippen molar-refractivity contribution in [1.82, 2.24) is 4.90 Å². The van der Waals surface area contributed by atoms with Crippen molar-refractivity contribution in [3.8, 4) is 6.07 Å². The van der Waals surface area contributed by atoms with E-state index < -0.39 is 10.4 Å². The number of benzene rings is 2. The zero-order valence-electron chi connectivity index (χ0n) is 12.6. The number of nitrogens with one attached hydrogen (secondary N) is 1.